The number of hydrogen-bond donors (Lipinski definition) is 1. The fourth-order valence-corrected chi connectivity index (χ4v) is 4.29. The highest BCUT2D eigenvalue weighted by Gasteiger charge is 2.16. The minimum Gasteiger partial charge on any atom is -0.497 e. The van der Waals surface area contributed by atoms with Gasteiger partial charge in [0.1, 0.15) is 35.5 Å². The molecule has 1 aliphatic heterocycles. The first-order valence-corrected chi connectivity index (χ1v) is 10.9. The fraction of sp³-hybridized carbons (Fsp3) is 0.280. The van der Waals surface area contributed by atoms with Crippen LogP contribution < -0.4 is 15.2 Å². The summed E-state index contributed by atoms with van der Waals surface area (Å²) in [7, 11) is 1.66. The number of rotatable bonds is 7. The molecule has 1 fully saturated rings. The van der Waals surface area contributed by atoms with Crippen molar-refractivity contribution in [3.8, 4) is 28.3 Å². The number of ether oxygens (including phenoxy) is 2. The highest BCUT2D eigenvalue weighted by molar-refractivity contribution is 5.98. The number of aromatic nitrogens is 3. The number of fused-ring (bicyclic) bond motifs is 1. The van der Waals surface area contributed by atoms with E-state index in [2.05, 4.69) is 27.0 Å². The Balaban J connectivity index is 1.44. The van der Waals surface area contributed by atoms with Crippen molar-refractivity contribution in [2.45, 2.75) is 12.8 Å². The van der Waals surface area contributed by atoms with Crippen LogP contribution in [0.1, 0.15) is 12.8 Å². The van der Waals surface area contributed by atoms with Gasteiger partial charge in [0.15, 0.2) is 5.82 Å². The molecule has 1 saturated heterocycles. The van der Waals surface area contributed by atoms with Crippen LogP contribution in [0.15, 0.2) is 61.1 Å². The Kier molecular flexibility index (Phi) is 5.64. The minimum atomic E-state index is 0.436. The Morgan fingerprint density at radius 2 is 1.81 bits per heavy atom. The zero-order valence-corrected chi connectivity index (χ0v) is 18.2. The second kappa shape index (κ2) is 8.88. The van der Waals surface area contributed by atoms with E-state index >= 15 is 0 Å². The highest BCUT2D eigenvalue weighted by Crippen LogP contribution is 2.34. The van der Waals surface area contributed by atoms with Gasteiger partial charge in [-0.05, 0) is 55.8 Å². The van der Waals surface area contributed by atoms with Crippen LogP contribution in [0.5, 0.6) is 11.5 Å². The Morgan fingerprint density at radius 3 is 2.59 bits per heavy atom. The first kappa shape index (κ1) is 20.3. The van der Waals surface area contributed by atoms with E-state index in [1.54, 1.807) is 7.11 Å². The van der Waals surface area contributed by atoms with E-state index in [0.29, 0.717) is 12.4 Å². The van der Waals surface area contributed by atoms with Crippen LogP contribution >= 0.6 is 0 Å². The molecule has 2 aromatic carbocycles. The van der Waals surface area contributed by atoms with Crippen molar-refractivity contribution < 1.29 is 9.47 Å². The summed E-state index contributed by atoms with van der Waals surface area (Å²) in [5.41, 5.74) is 10.8. The van der Waals surface area contributed by atoms with Crippen LogP contribution in [0.2, 0.25) is 0 Å². The van der Waals surface area contributed by atoms with Crippen LogP contribution in [0.25, 0.3) is 27.8 Å². The maximum atomic E-state index is 6.26. The SMILES string of the molecule is COc1cccc(-n2cc(-c3ccc(OCCN4CCCC4)cc3)c3ncnc(N)c32)c1. The molecule has 0 amide bonds. The number of anilines is 1. The molecule has 4 aromatic rings. The summed E-state index contributed by atoms with van der Waals surface area (Å²) >= 11 is 0. The average molecular weight is 430 g/mol. The largest absolute Gasteiger partial charge is 0.497 e. The quantitative estimate of drug-likeness (QED) is 0.475. The molecule has 5 rings (SSSR count). The van der Waals surface area contributed by atoms with Crippen molar-refractivity contribution in [2.24, 2.45) is 0 Å². The predicted octanol–water partition coefficient (Wildman–Crippen LogP) is 4.15. The number of hydrogen-bond acceptors (Lipinski definition) is 6. The summed E-state index contributed by atoms with van der Waals surface area (Å²) in [4.78, 5) is 11.2. The Labute approximate surface area is 187 Å². The van der Waals surface area contributed by atoms with Gasteiger partial charge < -0.3 is 19.8 Å². The molecule has 0 atom stereocenters. The summed E-state index contributed by atoms with van der Waals surface area (Å²) in [6, 6.07) is 16.0. The zero-order valence-electron chi connectivity index (χ0n) is 18.2. The number of nitrogens with zero attached hydrogens (tertiary/aromatic N) is 4. The van der Waals surface area contributed by atoms with Crippen molar-refractivity contribution in [1.29, 1.82) is 0 Å². The maximum Gasteiger partial charge on any atom is 0.151 e. The predicted molar refractivity (Wildman–Crippen MR) is 126 cm³/mol. The molecule has 164 valence electrons. The summed E-state index contributed by atoms with van der Waals surface area (Å²) in [5, 5.41) is 0. The van der Waals surface area contributed by atoms with Gasteiger partial charge in [0.05, 0.1) is 7.11 Å². The number of nitrogen functional groups attached to an aromatic ring is 1. The minimum absolute atomic E-state index is 0.436. The lowest BCUT2D eigenvalue weighted by Gasteiger charge is -2.15. The lowest BCUT2D eigenvalue weighted by Crippen LogP contribution is -2.25. The van der Waals surface area contributed by atoms with Crippen LogP contribution in [-0.2, 0) is 0 Å². The molecular formula is C25H27N5O2. The second-order valence-corrected chi connectivity index (χ2v) is 7.99. The molecule has 0 spiro atoms. The van der Waals surface area contributed by atoms with Gasteiger partial charge in [0, 0.05) is 30.1 Å². The third kappa shape index (κ3) is 3.99. The molecule has 0 saturated carbocycles. The fourth-order valence-electron chi connectivity index (χ4n) is 4.29. The third-order valence-corrected chi connectivity index (χ3v) is 5.98. The van der Waals surface area contributed by atoms with Gasteiger partial charge >= 0.3 is 0 Å². The third-order valence-electron chi connectivity index (χ3n) is 5.98. The molecule has 2 N–H and O–H groups in total. The van der Waals surface area contributed by atoms with E-state index in [-0.39, 0.29) is 0 Å². The standard InChI is InChI=1S/C25H27N5O2/c1-31-21-6-4-5-19(15-21)30-16-22(23-24(30)25(26)28-17-27-23)18-7-9-20(10-8-18)32-14-13-29-11-2-3-12-29/h4-10,15-17H,2-3,11-14H2,1H3,(H2,26,27,28). The zero-order chi connectivity index (χ0) is 21.9. The topological polar surface area (TPSA) is 78.4 Å². The van der Waals surface area contributed by atoms with Crippen LogP contribution in [-0.4, -0.2) is 52.8 Å². The number of methoxy groups -OCH3 is 1. The maximum absolute atomic E-state index is 6.26. The lowest BCUT2D eigenvalue weighted by atomic mass is 10.1. The van der Waals surface area contributed by atoms with Gasteiger partial charge in [-0.25, -0.2) is 9.97 Å². The monoisotopic (exact) mass is 429 g/mol. The molecule has 7 nitrogen and oxygen atoms in total. The summed E-state index contributed by atoms with van der Waals surface area (Å²) < 4.78 is 13.4. The van der Waals surface area contributed by atoms with E-state index in [4.69, 9.17) is 15.2 Å². The van der Waals surface area contributed by atoms with Crippen molar-refractivity contribution >= 4 is 16.9 Å². The van der Waals surface area contributed by atoms with Crippen LogP contribution in [0, 0.1) is 0 Å². The first-order chi connectivity index (χ1) is 15.7. The molecule has 0 radical (unpaired) electrons. The first-order valence-electron chi connectivity index (χ1n) is 10.9. The van der Waals surface area contributed by atoms with Crippen LogP contribution in [0.3, 0.4) is 0 Å². The molecule has 0 unspecified atom stereocenters. The number of likely N-dealkylation sites (tertiary alicyclic amines) is 1. The average Bonchev–Trinajstić information content (AvgIpc) is 3.48. The molecule has 1 aliphatic rings. The number of benzene rings is 2. The highest BCUT2D eigenvalue weighted by atomic mass is 16.5. The van der Waals surface area contributed by atoms with Gasteiger partial charge in [-0.2, -0.15) is 0 Å². The second-order valence-electron chi connectivity index (χ2n) is 7.99. The van der Waals surface area contributed by atoms with Crippen molar-refractivity contribution in [3.05, 3.63) is 61.1 Å². The molecule has 32 heavy (non-hydrogen) atoms. The van der Waals surface area contributed by atoms with E-state index in [1.807, 2.05) is 47.2 Å². The smallest absolute Gasteiger partial charge is 0.151 e. The Morgan fingerprint density at radius 1 is 1.00 bits per heavy atom. The van der Waals surface area contributed by atoms with Gasteiger partial charge in [0.25, 0.3) is 0 Å². The summed E-state index contributed by atoms with van der Waals surface area (Å²) in [5.74, 6) is 2.08. The van der Waals surface area contributed by atoms with E-state index in [9.17, 15) is 0 Å². The molecule has 7 heteroatoms. The van der Waals surface area contributed by atoms with Crippen molar-refractivity contribution in [3.63, 3.8) is 0 Å². The molecule has 0 aliphatic carbocycles. The van der Waals surface area contributed by atoms with E-state index in [1.165, 1.54) is 32.3 Å². The van der Waals surface area contributed by atoms with Crippen molar-refractivity contribution in [2.75, 3.05) is 39.1 Å². The van der Waals surface area contributed by atoms with Gasteiger partial charge in [0.2, 0.25) is 0 Å². The molecule has 3 heterocycles. The van der Waals surface area contributed by atoms with Crippen molar-refractivity contribution in [1.82, 2.24) is 19.4 Å². The lowest BCUT2D eigenvalue weighted by molar-refractivity contribution is 0.238. The molecule has 2 aromatic heterocycles. The van der Waals surface area contributed by atoms with E-state index in [0.717, 1.165) is 45.9 Å². The van der Waals surface area contributed by atoms with Gasteiger partial charge in [-0.1, -0.05) is 18.2 Å². The Bertz CT molecular complexity index is 1210. The van der Waals surface area contributed by atoms with E-state index < -0.39 is 0 Å². The molecule has 0 bridgehead atoms. The summed E-state index contributed by atoms with van der Waals surface area (Å²) in [6.07, 6.45) is 6.15. The van der Waals surface area contributed by atoms with Gasteiger partial charge in [-0.3, -0.25) is 4.90 Å². The van der Waals surface area contributed by atoms with Gasteiger partial charge in [-0.15, -0.1) is 0 Å². The number of nitrogens with two attached hydrogens (primary N) is 1. The molecular weight excluding hydrogens is 402 g/mol. The normalized spacial score (nSPS) is 14.2. The summed E-state index contributed by atoms with van der Waals surface area (Å²) in [6.45, 7) is 4.06. The Hall–Kier alpha value is -3.58. The van der Waals surface area contributed by atoms with Crippen LogP contribution in [0.4, 0.5) is 5.82 Å².